The van der Waals surface area contributed by atoms with Crippen molar-refractivity contribution in [3.05, 3.63) is 29.3 Å². The normalized spacial score (nSPS) is 16.2. The maximum atomic E-state index is 12.2. The molecule has 110 valence electrons. The zero-order chi connectivity index (χ0) is 14.5. The van der Waals surface area contributed by atoms with Crippen molar-refractivity contribution in [3.63, 3.8) is 0 Å². The van der Waals surface area contributed by atoms with Crippen molar-refractivity contribution in [2.24, 2.45) is 5.92 Å². The number of nitrogens with zero attached hydrogens (tertiary/aromatic N) is 1. The Morgan fingerprint density at radius 3 is 2.45 bits per heavy atom. The van der Waals surface area contributed by atoms with Crippen LogP contribution in [0.1, 0.15) is 37.3 Å². The molecule has 0 unspecified atom stereocenters. The molecule has 1 heterocycles. The molecule has 3 nitrogen and oxygen atoms in total. The molecule has 0 bridgehead atoms. The number of piperidine rings is 1. The number of para-hydroxylation sites is 1. The number of likely N-dealkylation sites (tertiary alicyclic amines) is 1. The van der Waals surface area contributed by atoms with E-state index in [1.165, 1.54) is 16.8 Å². The van der Waals surface area contributed by atoms with Crippen LogP contribution in [-0.4, -0.2) is 30.4 Å². The van der Waals surface area contributed by atoms with Crippen molar-refractivity contribution in [2.75, 3.05) is 25.0 Å². The van der Waals surface area contributed by atoms with Crippen molar-refractivity contribution in [2.45, 2.75) is 40.0 Å². The van der Waals surface area contributed by atoms with Crippen LogP contribution in [0.25, 0.3) is 0 Å². The summed E-state index contributed by atoms with van der Waals surface area (Å²) in [4.78, 5) is 14.2. The molecule has 0 aliphatic carbocycles. The van der Waals surface area contributed by atoms with Gasteiger partial charge in [0.1, 0.15) is 0 Å². The molecule has 0 saturated carbocycles. The second-order valence-corrected chi connectivity index (χ2v) is 6.01. The molecule has 0 aromatic heterocycles. The molecule has 0 radical (unpaired) electrons. The molecule has 3 heteroatoms. The van der Waals surface area contributed by atoms with Crippen molar-refractivity contribution in [3.8, 4) is 0 Å². The molecule has 1 aliphatic rings. The van der Waals surface area contributed by atoms with Crippen LogP contribution in [0.2, 0.25) is 0 Å². The Labute approximate surface area is 122 Å². The fraction of sp³-hybridized carbons (Fsp3) is 0.588. The molecule has 0 atom stereocenters. The van der Waals surface area contributed by atoms with Crippen LogP contribution in [-0.2, 0) is 4.79 Å². The van der Waals surface area contributed by atoms with Gasteiger partial charge in [0.25, 0.3) is 0 Å². The molecule has 1 saturated heterocycles. The molecule has 0 spiro atoms. The van der Waals surface area contributed by atoms with Crippen LogP contribution in [0.3, 0.4) is 0 Å². The Hall–Kier alpha value is -1.51. The van der Waals surface area contributed by atoms with E-state index in [2.05, 4.69) is 44.3 Å². The summed E-state index contributed by atoms with van der Waals surface area (Å²) in [5.74, 6) is 1.06. The zero-order valence-corrected chi connectivity index (χ0v) is 12.9. The number of carbonyl (C=O) groups excluding carboxylic acids is 1. The van der Waals surface area contributed by atoms with Gasteiger partial charge in [0.2, 0.25) is 5.91 Å². The van der Waals surface area contributed by atoms with Gasteiger partial charge >= 0.3 is 0 Å². The van der Waals surface area contributed by atoms with Gasteiger partial charge in [0, 0.05) is 31.7 Å². The number of carbonyl (C=O) groups is 1. The van der Waals surface area contributed by atoms with E-state index >= 15 is 0 Å². The Morgan fingerprint density at radius 2 is 1.85 bits per heavy atom. The quantitative estimate of drug-likeness (QED) is 0.913. The summed E-state index contributed by atoms with van der Waals surface area (Å²) in [6.45, 7) is 9.06. The maximum Gasteiger partial charge on any atom is 0.224 e. The number of rotatable bonds is 4. The monoisotopic (exact) mass is 274 g/mol. The average molecular weight is 274 g/mol. The van der Waals surface area contributed by atoms with Gasteiger partial charge in [-0.2, -0.15) is 0 Å². The molecule has 1 amide bonds. The van der Waals surface area contributed by atoms with E-state index in [4.69, 9.17) is 0 Å². The van der Waals surface area contributed by atoms with Crippen LogP contribution in [0, 0.1) is 19.8 Å². The SMILES string of the molecule is Cc1cccc(C)c1NCCC(=O)N1CCC(C)CC1. The van der Waals surface area contributed by atoms with Gasteiger partial charge < -0.3 is 10.2 Å². The van der Waals surface area contributed by atoms with Gasteiger partial charge in [0.15, 0.2) is 0 Å². The Morgan fingerprint density at radius 1 is 1.25 bits per heavy atom. The van der Waals surface area contributed by atoms with Gasteiger partial charge in [-0.1, -0.05) is 25.1 Å². The lowest BCUT2D eigenvalue weighted by molar-refractivity contribution is -0.132. The van der Waals surface area contributed by atoms with Gasteiger partial charge in [-0.3, -0.25) is 4.79 Å². The Balaban J connectivity index is 1.79. The van der Waals surface area contributed by atoms with Gasteiger partial charge in [0.05, 0.1) is 0 Å². The first kappa shape index (κ1) is 14.9. The summed E-state index contributed by atoms with van der Waals surface area (Å²) in [5, 5.41) is 3.41. The number of anilines is 1. The predicted octanol–water partition coefficient (Wildman–Crippen LogP) is 3.36. The number of aryl methyl sites for hydroxylation is 2. The van der Waals surface area contributed by atoms with Crippen molar-refractivity contribution >= 4 is 11.6 Å². The summed E-state index contributed by atoms with van der Waals surface area (Å²) >= 11 is 0. The minimum Gasteiger partial charge on any atom is -0.384 e. The number of amides is 1. The highest BCUT2D eigenvalue weighted by atomic mass is 16.2. The predicted molar refractivity (Wildman–Crippen MR) is 84.0 cm³/mol. The van der Waals surface area contributed by atoms with Gasteiger partial charge in [-0.25, -0.2) is 0 Å². The number of hydrogen-bond acceptors (Lipinski definition) is 2. The summed E-state index contributed by atoms with van der Waals surface area (Å²) in [6.07, 6.45) is 2.88. The van der Waals surface area contributed by atoms with Gasteiger partial charge in [-0.05, 0) is 43.7 Å². The molecular weight excluding hydrogens is 248 g/mol. The Bertz CT molecular complexity index is 442. The molecule has 1 aromatic carbocycles. The lowest BCUT2D eigenvalue weighted by Gasteiger charge is -2.30. The van der Waals surface area contributed by atoms with E-state index in [0.29, 0.717) is 6.42 Å². The maximum absolute atomic E-state index is 12.2. The topological polar surface area (TPSA) is 32.3 Å². The molecule has 1 fully saturated rings. The lowest BCUT2D eigenvalue weighted by Crippen LogP contribution is -2.38. The first-order chi connectivity index (χ1) is 9.58. The van der Waals surface area contributed by atoms with Crippen molar-refractivity contribution < 1.29 is 4.79 Å². The second-order valence-electron chi connectivity index (χ2n) is 6.01. The highest BCUT2D eigenvalue weighted by Gasteiger charge is 2.19. The van der Waals surface area contributed by atoms with Crippen LogP contribution in [0.4, 0.5) is 5.69 Å². The van der Waals surface area contributed by atoms with E-state index in [1.807, 2.05) is 4.90 Å². The second kappa shape index (κ2) is 6.78. The van der Waals surface area contributed by atoms with Crippen LogP contribution in [0.15, 0.2) is 18.2 Å². The minimum absolute atomic E-state index is 0.288. The molecule has 1 aromatic rings. The number of nitrogens with one attached hydrogen (secondary N) is 1. The molecular formula is C17H26N2O. The fourth-order valence-corrected chi connectivity index (χ4v) is 2.80. The first-order valence-electron chi connectivity index (χ1n) is 7.66. The van der Waals surface area contributed by atoms with E-state index in [9.17, 15) is 4.79 Å². The van der Waals surface area contributed by atoms with E-state index in [1.54, 1.807) is 0 Å². The summed E-state index contributed by atoms with van der Waals surface area (Å²) in [7, 11) is 0. The highest BCUT2D eigenvalue weighted by Crippen LogP contribution is 2.20. The van der Waals surface area contributed by atoms with E-state index in [0.717, 1.165) is 38.4 Å². The van der Waals surface area contributed by atoms with Crippen LogP contribution >= 0.6 is 0 Å². The fourth-order valence-electron chi connectivity index (χ4n) is 2.80. The standard InChI is InChI=1S/C17H26N2O/c1-13-8-11-19(12-9-13)16(20)7-10-18-17-14(2)5-4-6-15(17)3/h4-6,13,18H,7-12H2,1-3H3. The third-order valence-electron chi connectivity index (χ3n) is 4.26. The lowest BCUT2D eigenvalue weighted by atomic mass is 9.99. The molecule has 20 heavy (non-hydrogen) atoms. The summed E-state index contributed by atoms with van der Waals surface area (Å²) < 4.78 is 0. The zero-order valence-electron chi connectivity index (χ0n) is 12.9. The molecule has 2 rings (SSSR count). The van der Waals surface area contributed by atoms with Gasteiger partial charge in [-0.15, -0.1) is 0 Å². The van der Waals surface area contributed by atoms with E-state index < -0.39 is 0 Å². The third kappa shape index (κ3) is 3.75. The van der Waals surface area contributed by atoms with Crippen molar-refractivity contribution in [1.29, 1.82) is 0 Å². The number of benzene rings is 1. The van der Waals surface area contributed by atoms with Crippen molar-refractivity contribution in [1.82, 2.24) is 4.90 Å². The summed E-state index contributed by atoms with van der Waals surface area (Å²) in [6, 6.07) is 6.27. The smallest absolute Gasteiger partial charge is 0.224 e. The largest absolute Gasteiger partial charge is 0.384 e. The van der Waals surface area contributed by atoms with E-state index in [-0.39, 0.29) is 5.91 Å². The van der Waals surface area contributed by atoms with Crippen LogP contribution in [0.5, 0.6) is 0 Å². The first-order valence-corrected chi connectivity index (χ1v) is 7.66. The molecule has 1 N–H and O–H groups in total. The minimum atomic E-state index is 0.288. The highest BCUT2D eigenvalue weighted by molar-refractivity contribution is 5.77. The Kier molecular flexibility index (Phi) is 5.05. The number of hydrogen-bond donors (Lipinski definition) is 1. The van der Waals surface area contributed by atoms with Crippen LogP contribution < -0.4 is 5.32 Å². The third-order valence-corrected chi connectivity index (χ3v) is 4.26. The molecule has 1 aliphatic heterocycles. The average Bonchev–Trinajstić information content (AvgIpc) is 2.42. The summed E-state index contributed by atoms with van der Waals surface area (Å²) in [5.41, 5.74) is 3.65.